The fraction of sp³-hybridized carbons (Fsp3) is 0.118. The maximum absolute atomic E-state index is 12.7. The highest BCUT2D eigenvalue weighted by molar-refractivity contribution is 5.74. The Labute approximate surface area is 126 Å². The molecule has 2 rings (SSSR count). The molecular weight excluding hydrogens is 289 g/mol. The number of nitrogens with zero attached hydrogens (tertiary/aromatic N) is 1. The van der Waals surface area contributed by atoms with Gasteiger partial charge in [-0.3, -0.25) is 0 Å². The molecule has 0 saturated carbocycles. The molecule has 0 unspecified atom stereocenters. The second-order valence-electron chi connectivity index (χ2n) is 4.62. The van der Waals surface area contributed by atoms with Gasteiger partial charge in [-0.15, -0.1) is 0 Å². The molecule has 0 heterocycles. The van der Waals surface area contributed by atoms with E-state index in [9.17, 15) is 13.2 Å². The quantitative estimate of drug-likeness (QED) is 0.827. The minimum absolute atomic E-state index is 0.425. The van der Waals surface area contributed by atoms with Crippen LogP contribution < -0.4 is 5.32 Å². The highest BCUT2D eigenvalue weighted by Gasteiger charge is 2.30. The Kier molecular flexibility index (Phi) is 4.52. The van der Waals surface area contributed by atoms with Crippen molar-refractivity contribution in [2.24, 2.45) is 0 Å². The van der Waals surface area contributed by atoms with Crippen LogP contribution in [0.3, 0.4) is 0 Å². The third kappa shape index (κ3) is 3.67. The van der Waals surface area contributed by atoms with E-state index in [1.54, 1.807) is 43.5 Å². The van der Waals surface area contributed by atoms with Crippen molar-refractivity contribution in [1.82, 2.24) is 0 Å². The normalized spacial score (nSPS) is 11.4. The lowest BCUT2D eigenvalue weighted by Crippen LogP contribution is -2.04. The van der Waals surface area contributed by atoms with Gasteiger partial charge in [0.25, 0.3) is 0 Å². The minimum Gasteiger partial charge on any atom is -0.388 e. The zero-order valence-corrected chi connectivity index (χ0v) is 11.8. The zero-order chi connectivity index (χ0) is 16.2. The molecule has 5 heteroatoms. The van der Waals surface area contributed by atoms with Crippen LogP contribution in [0.4, 0.5) is 18.9 Å². The summed E-state index contributed by atoms with van der Waals surface area (Å²) in [6.45, 7) is 0. The van der Waals surface area contributed by atoms with Crippen LogP contribution >= 0.6 is 0 Å². The average molecular weight is 302 g/mol. The highest BCUT2D eigenvalue weighted by atomic mass is 19.4. The Bertz CT molecular complexity index is 740. The van der Waals surface area contributed by atoms with Crippen LogP contribution in [0.5, 0.6) is 0 Å². The number of benzene rings is 2. The summed E-state index contributed by atoms with van der Waals surface area (Å²) in [6, 6.07) is 12.3. The van der Waals surface area contributed by atoms with Gasteiger partial charge in [-0.05, 0) is 41.5 Å². The van der Waals surface area contributed by atoms with Crippen molar-refractivity contribution in [2.75, 3.05) is 12.4 Å². The molecule has 2 nitrogen and oxygen atoms in total. The number of hydrogen-bond donors (Lipinski definition) is 1. The maximum Gasteiger partial charge on any atom is 0.416 e. The van der Waals surface area contributed by atoms with Crippen molar-refractivity contribution in [3.8, 4) is 6.07 Å². The van der Waals surface area contributed by atoms with Gasteiger partial charge >= 0.3 is 6.18 Å². The van der Waals surface area contributed by atoms with Gasteiger partial charge in [-0.1, -0.05) is 24.3 Å². The van der Waals surface area contributed by atoms with E-state index in [1.165, 1.54) is 6.07 Å². The van der Waals surface area contributed by atoms with E-state index in [-0.39, 0.29) is 0 Å². The van der Waals surface area contributed by atoms with Gasteiger partial charge in [-0.25, -0.2) is 0 Å². The van der Waals surface area contributed by atoms with Crippen LogP contribution in [0.15, 0.2) is 42.5 Å². The fourth-order valence-electron chi connectivity index (χ4n) is 1.96. The largest absolute Gasteiger partial charge is 0.416 e. The summed E-state index contributed by atoms with van der Waals surface area (Å²) in [5, 5.41) is 12.0. The Hall–Kier alpha value is -2.74. The van der Waals surface area contributed by atoms with E-state index in [0.29, 0.717) is 16.7 Å². The van der Waals surface area contributed by atoms with Crippen molar-refractivity contribution < 1.29 is 13.2 Å². The van der Waals surface area contributed by atoms with Crippen molar-refractivity contribution in [2.45, 2.75) is 6.18 Å². The van der Waals surface area contributed by atoms with Gasteiger partial charge in [0.2, 0.25) is 0 Å². The predicted octanol–water partition coefficient (Wildman–Crippen LogP) is 4.79. The van der Waals surface area contributed by atoms with Crippen molar-refractivity contribution in [3.05, 3.63) is 64.7 Å². The first-order chi connectivity index (χ1) is 10.4. The molecule has 2 aromatic rings. The average Bonchev–Trinajstić information content (AvgIpc) is 2.52. The smallest absolute Gasteiger partial charge is 0.388 e. The molecule has 0 amide bonds. The number of alkyl halides is 3. The molecule has 0 spiro atoms. The van der Waals surface area contributed by atoms with Crippen LogP contribution in [0, 0.1) is 11.3 Å². The number of nitriles is 1. The molecule has 2 aromatic carbocycles. The Morgan fingerprint density at radius 3 is 2.50 bits per heavy atom. The highest BCUT2D eigenvalue weighted by Crippen LogP contribution is 2.30. The van der Waals surface area contributed by atoms with Crippen molar-refractivity contribution >= 4 is 17.8 Å². The fourth-order valence-corrected chi connectivity index (χ4v) is 1.96. The summed E-state index contributed by atoms with van der Waals surface area (Å²) >= 11 is 0. The summed E-state index contributed by atoms with van der Waals surface area (Å²) in [4.78, 5) is 0. The summed E-state index contributed by atoms with van der Waals surface area (Å²) in [5.41, 5.74) is 1.66. The number of halogens is 3. The van der Waals surface area contributed by atoms with Crippen molar-refractivity contribution in [3.63, 3.8) is 0 Å². The zero-order valence-electron chi connectivity index (χ0n) is 11.8. The summed E-state index contributed by atoms with van der Waals surface area (Å²) in [6.07, 6.45) is -1.17. The first-order valence-corrected chi connectivity index (χ1v) is 6.51. The first-order valence-electron chi connectivity index (χ1n) is 6.51. The minimum atomic E-state index is -4.37. The van der Waals surface area contributed by atoms with Crippen LogP contribution in [0.2, 0.25) is 0 Å². The topological polar surface area (TPSA) is 35.8 Å². The van der Waals surface area contributed by atoms with E-state index in [1.807, 2.05) is 0 Å². The molecule has 112 valence electrons. The van der Waals surface area contributed by atoms with Crippen LogP contribution in [-0.4, -0.2) is 7.05 Å². The van der Waals surface area contributed by atoms with Gasteiger partial charge < -0.3 is 5.32 Å². The molecule has 0 aliphatic carbocycles. The molecular formula is C17H13F3N2. The monoisotopic (exact) mass is 302 g/mol. The molecule has 0 atom stereocenters. The molecule has 0 fully saturated rings. The molecule has 0 aliphatic rings. The first kappa shape index (κ1) is 15.6. The van der Waals surface area contributed by atoms with Crippen LogP contribution in [-0.2, 0) is 6.18 Å². The van der Waals surface area contributed by atoms with Gasteiger partial charge in [0.05, 0.1) is 17.2 Å². The molecule has 0 bridgehead atoms. The molecule has 22 heavy (non-hydrogen) atoms. The standard InChI is InChI=1S/C17H13F3N2/c1-22-16-8-7-14(11-21)13(10-16)6-5-12-3-2-4-15(9-12)17(18,19)20/h2-10,22H,1H3/b6-5+. The van der Waals surface area contributed by atoms with E-state index in [4.69, 9.17) is 5.26 Å². The SMILES string of the molecule is CNc1ccc(C#N)c(/C=C/c2cccc(C(F)(F)F)c2)c1. The van der Waals surface area contributed by atoms with Crippen molar-refractivity contribution in [1.29, 1.82) is 5.26 Å². The number of nitrogens with one attached hydrogen (secondary N) is 1. The summed E-state index contributed by atoms with van der Waals surface area (Å²) in [5.74, 6) is 0. The lowest BCUT2D eigenvalue weighted by molar-refractivity contribution is -0.137. The summed E-state index contributed by atoms with van der Waals surface area (Å²) in [7, 11) is 1.75. The Morgan fingerprint density at radius 1 is 1.09 bits per heavy atom. The van der Waals surface area contributed by atoms with Crippen LogP contribution in [0.25, 0.3) is 12.2 Å². The van der Waals surface area contributed by atoms with E-state index in [0.717, 1.165) is 17.8 Å². The lowest BCUT2D eigenvalue weighted by Gasteiger charge is -2.07. The number of rotatable bonds is 3. The third-order valence-corrected chi connectivity index (χ3v) is 3.13. The molecule has 0 radical (unpaired) electrons. The molecule has 0 aromatic heterocycles. The third-order valence-electron chi connectivity index (χ3n) is 3.13. The summed E-state index contributed by atoms with van der Waals surface area (Å²) < 4.78 is 38.0. The Balaban J connectivity index is 2.35. The predicted molar refractivity (Wildman–Crippen MR) is 81.1 cm³/mol. The second kappa shape index (κ2) is 6.35. The number of hydrogen-bond acceptors (Lipinski definition) is 2. The number of anilines is 1. The second-order valence-corrected chi connectivity index (χ2v) is 4.62. The maximum atomic E-state index is 12.7. The Morgan fingerprint density at radius 2 is 1.86 bits per heavy atom. The van der Waals surface area contributed by atoms with Gasteiger partial charge in [0, 0.05) is 12.7 Å². The van der Waals surface area contributed by atoms with E-state index in [2.05, 4.69) is 11.4 Å². The lowest BCUT2D eigenvalue weighted by atomic mass is 10.0. The molecule has 0 aliphatic heterocycles. The molecule has 0 saturated heterocycles. The van der Waals surface area contributed by atoms with E-state index < -0.39 is 11.7 Å². The molecule has 1 N–H and O–H groups in total. The van der Waals surface area contributed by atoms with Gasteiger partial charge in [-0.2, -0.15) is 18.4 Å². The van der Waals surface area contributed by atoms with Gasteiger partial charge in [0.1, 0.15) is 0 Å². The van der Waals surface area contributed by atoms with Crippen LogP contribution in [0.1, 0.15) is 22.3 Å². The van der Waals surface area contributed by atoms with Gasteiger partial charge in [0.15, 0.2) is 0 Å². The van der Waals surface area contributed by atoms with E-state index >= 15 is 0 Å².